The summed E-state index contributed by atoms with van der Waals surface area (Å²) in [6.45, 7) is 1.03. The van der Waals surface area contributed by atoms with Crippen LogP contribution in [0.2, 0.25) is 0 Å². The van der Waals surface area contributed by atoms with Gasteiger partial charge in [0.25, 0.3) is 0 Å². The first kappa shape index (κ1) is 13.1. The molecule has 6 heteroatoms. The van der Waals surface area contributed by atoms with Crippen LogP contribution in [0.15, 0.2) is 0 Å². The quantitative estimate of drug-likeness (QED) is 0.724. The Kier molecular flexibility index (Phi) is 4.73. The zero-order valence-electron chi connectivity index (χ0n) is 8.69. The molecule has 90 valence electrons. The summed E-state index contributed by atoms with van der Waals surface area (Å²) in [4.78, 5) is 0. The van der Waals surface area contributed by atoms with Crippen molar-refractivity contribution in [2.75, 3.05) is 26.0 Å². The molecule has 0 saturated heterocycles. The van der Waals surface area contributed by atoms with E-state index in [1.165, 1.54) is 0 Å². The summed E-state index contributed by atoms with van der Waals surface area (Å²) in [6.07, 6.45) is 3.15. The number of rotatable bonds is 6. The molecule has 1 saturated carbocycles. The molecule has 0 spiro atoms. The van der Waals surface area contributed by atoms with Crippen molar-refractivity contribution in [2.24, 2.45) is 0 Å². The Hall–Kier alpha value is 0.0600. The normalized spacial score (nSPS) is 20.0. The van der Waals surface area contributed by atoms with E-state index in [9.17, 15) is 13.2 Å². The molecule has 1 aliphatic rings. The largest absolute Gasteiger partial charge is 0.441 e. The van der Waals surface area contributed by atoms with E-state index in [0.29, 0.717) is 13.1 Å². The molecule has 0 aromatic rings. The van der Waals surface area contributed by atoms with Gasteiger partial charge >= 0.3 is 5.51 Å². The Bertz CT molecular complexity index is 189. The fraction of sp³-hybridized carbons (Fsp3) is 1.00. The molecule has 0 atom stereocenters. The molecule has 0 bridgehead atoms. The lowest BCUT2D eigenvalue weighted by atomic mass is 9.80. The highest BCUT2D eigenvalue weighted by molar-refractivity contribution is 8.00. The average molecular weight is 243 g/mol. The molecule has 0 amide bonds. The van der Waals surface area contributed by atoms with Gasteiger partial charge in [-0.15, -0.1) is 0 Å². The molecular formula is C9H16F3NOS. The van der Waals surface area contributed by atoms with Gasteiger partial charge in [-0.2, -0.15) is 13.2 Å². The maximum Gasteiger partial charge on any atom is 0.441 e. The number of nitrogens with one attached hydrogen (secondary N) is 1. The van der Waals surface area contributed by atoms with Crippen LogP contribution in [0.4, 0.5) is 13.2 Å². The van der Waals surface area contributed by atoms with Gasteiger partial charge < -0.3 is 10.1 Å². The van der Waals surface area contributed by atoms with Gasteiger partial charge in [-0.25, -0.2) is 0 Å². The van der Waals surface area contributed by atoms with Crippen LogP contribution < -0.4 is 5.32 Å². The van der Waals surface area contributed by atoms with E-state index in [-0.39, 0.29) is 23.1 Å². The monoisotopic (exact) mass is 243 g/mol. The van der Waals surface area contributed by atoms with E-state index in [1.807, 2.05) is 0 Å². The van der Waals surface area contributed by atoms with Gasteiger partial charge in [0.05, 0.1) is 5.60 Å². The summed E-state index contributed by atoms with van der Waals surface area (Å²) in [6, 6.07) is 0. The number of hydrogen-bond donors (Lipinski definition) is 1. The smallest absolute Gasteiger partial charge is 0.377 e. The van der Waals surface area contributed by atoms with Crippen molar-refractivity contribution in [1.29, 1.82) is 0 Å². The molecule has 0 unspecified atom stereocenters. The number of ether oxygens (including phenoxy) is 1. The minimum Gasteiger partial charge on any atom is -0.377 e. The van der Waals surface area contributed by atoms with Crippen LogP contribution in [-0.4, -0.2) is 37.1 Å². The SMILES string of the molecule is COC1(CNCCSC(F)(F)F)CCC1. The van der Waals surface area contributed by atoms with Crippen LogP contribution in [-0.2, 0) is 4.74 Å². The molecule has 1 fully saturated rings. The first-order valence-corrected chi connectivity index (χ1v) is 5.93. The van der Waals surface area contributed by atoms with Crippen LogP contribution >= 0.6 is 11.8 Å². The predicted molar refractivity (Wildman–Crippen MR) is 55.0 cm³/mol. The van der Waals surface area contributed by atoms with Crippen LogP contribution in [0, 0.1) is 0 Å². The second kappa shape index (κ2) is 5.41. The third-order valence-corrected chi connectivity index (χ3v) is 3.43. The molecule has 15 heavy (non-hydrogen) atoms. The maximum atomic E-state index is 11.8. The molecule has 0 heterocycles. The summed E-state index contributed by atoms with van der Waals surface area (Å²) in [5.74, 6) is 0.0588. The fourth-order valence-corrected chi connectivity index (χ4v) is 2.06. The van der Waals surface area contributed by atoms with Gasteiger partial charge in [0.2, 0.25) is 0 Å². The number of methoxy groups -OCH3 is 1. The molecule has 0 aromatic heterocycles. The summed E-state index contributed by atoms with van der Waals surface area (Å²) < 4.78 is 40.6. The van der Waals surface area contributed by atoms with Crippen molar-refractivity contribution in [3.05, 3.63) is 0 Å². The maximum absolute atomic E-state index is 11.8. The van der Waals surface area contributed by atoms with Gasteiger partial charge in [-0.05, 0) is 31.0 Å². The third-order valence-electron chi connectivity index (χ3n) is 2.69. The minimum absolute atomic E-state index is 0.0140. The van der Waals surface area contributed by atoms with Crippen LogP contribution in [0.1, 0.15) is 19.3 Å². The summed E-state index contributed by atoms with van der Waals surface area (Å²) in [5.41, 5.74) is -4.22. The second-order valence-corrected chi connectivity index (χ2v) is 4.87. The Labute approximate surface area is 91.9 Å². The highest BCUT2D eigenvalue weighted by Gasteiger charge is 2.36. The number of halogens is 3. The van der Waals surface area contributed by atoms with Crippen LogP contribution in [0.3, 0.4) is 0 Å². The molecule has 0 radical (unpaired) electrons. The lowest BCUT2D eigenvalue weighted by Gasteiger charge is -2.40. The van der Waals surface area contributed by atoms with Crippen molar-refractivity contribution in [3.8, 4) is 0 Å². The number of alkyl halides is 3. The predicted octanol–water partition coefficient (Wildman–Crippen LogP) is 2.40. The van der Waals surface area contributed by atoms with Gasteiger partial charge in [-0.3, -0.25) is 0 Å². The van der Waals surface area contributed by atoms with E-state index in [2.05, 4.69) is 5.32 Å². The Morgan fingerprint density at radius 2 is 2.07 bits per heavy atom. The topological polar surface area (TPSA) is 21.3 Å². The first-order chi connectivity index (χ1) is 6.97. The van der Waals surface area contributed by atoms with Gasteiger partial charge in [0.1, 0.15) is 0 Å². The summed E-state index contributed by atoms with van der Waals surface area (Å²) >= 11 is 0.0140. The highest BCUT2D eigenvalue weighted by Crippen LogP contribution is 2.34. The molecule has 0 aliphatic heterocycles. The molecular weight excluding hydrogens is 227 g/mol. The van der Waals surface area contributed by atoms with Crippen LogP contribution in [0.25, 0.3) is 0 Å². The van der Waals surface area contributed by atoms with Gasteiger partial charge in [0, 0.05) is 26.0 Å². The van der Waals surface area contributed by atoms with Crippen LogP contribution in [0.5, 0.6) is 0 Å². The summed E-state index contributed by atoms with van der Waals surface area (Å²) in [7, 11) is 1.66. The molecule has 0 aromatic carbocycles. The first-order valence-electron chi connectivity index (χ1n) is 4.94. The lowest BCUT2D eigenvalue weighted by molar-refractivity contribution is -0.0689. The average Bonchev–Trinajstić information content (AvgIpc) is 2.06. The van der Waals surface area contributed by atoms with Gasteiger partial charge in [0.15, 0.2) is 0 Å². The zero-order chi connectivity index (χ0) is 11.4. The van der Waals surface area contributed by atoms with E-state index in [1.54, 1.807) is 7.11 Å². The van der Waals surface area contributed by atoms with Crippen molar-refractivity contribution >= 4 is 11.8 Å². The zero-order valence-corrected chi connectivity index (χ0v) is 9.51. The van der Waals surface area contributed by atoms with E-state index >= 15 is 0 Å². The summed E-state index contributed by atoms with van der Waals surface area (Å²) in [5, 5.41) is 3.01. The molecule has 1 aliphatic carbocycles. The standard InChI is InChI=1S/C9H16F3NOS/c1-14-8(3-2-4-8)7-13-5-6-15-9(10,11)12/h13H,2-7H2,1H3. The van der Waals surface area contributed by atoms with Gasteiger partial charge in [-0.1, -0.05) is 0 Å². The lowest BCUT2D eigenvalue weighted by Crippen LogP contribution is -2.48. The fourth-order valence-electron chi connectivity index (χ4n) is 1.58. The molecule has 2 nitrogen and oxygen atoms in total. The highest BCUT2D eigenvalue weighted by atomic mass is 32.2. The molecule has 1 rings (SSSR count). The van der Waals surface area contributed by atoms with E-state index < -0.39 is 5.51 Å². The van der Waals surface area contributed by atoms with Crippen molar-refractivity contribution in [1.82, 2.24) is 5.32 Å². The number of thioether (sulfide) groups is 1. The van der Waals surface area contributed by atoms with Crippen molar-refractivity contribution < 1.29 is 17.9 Å². The number of hydrogen-bond acceptors (Lipinski definition) is 3. The van der Waals surface area contributed by atoms with E-state index in [4.69, 9.17) is 4.74 Å². The van der Waals surface area contributed by atoms with E-state index in [0.717, 1.165) is 19.3 Å². The Morgan fingerprint density at radius 3 is 2.47 bits per heavy atom. The Balaban J connectivity index is 2.02. The molecule has 1 N–H and O–H groups in total. The Morgan fingerprint density at radius 1 is 1.40 bits per heavy atom. The second-order valence-electron chi connectivity index (χ2n) is 3.71. The minimum atomic E-state index is -4.11. The van der Waals surface area contributed by atoms with Crippen molar-refractivity contribution in [2.45, 2.75) is 30.4 Å². The third kappa shape index (κ3) is 4.61. The van der Waals surface area contributed by atoms with Crippen molar-refractivity contribution in [3.63, 3.8) is 0 Å².